The molecule has 2 atom stereocenters. The largest absolute Gasteiger partial charge is 0.296 e. The second kappa shape index (κ2) is 6.10. The Kier molecular flexibility index (Phi) is 4.79. The molecule has 3 nitrogen and oxygen atoms in total. The van der Waals surface area contributed by atoms with Crippen molar-refractivity contribution >= 4 is 11.8 Å². The number of rotatable bonds is 2. The van der Waals surface area contributed by atoms with Crippen molar-refractivity contribution < 1.29 is 9.59 Å². The lowest BCUT2D eigenvalue weighted by Gasteiger charge is -2.43. The smallest absolute Gasteiger partial charge is 0.230 e. The van der Waals surface area contributed by atoms with E-state index in [1.54, 1.807) is 0 Å². The third-order valence-corrected chi connectivity index (χ3v) is 5.77. The summed E-state index contributed by atoms with van der Waals surface area (Å²) in [6, 6.07) is 0. The van der Waals surface area contributed by atoms with Gasteiger partial charge < -0.3 is 0 Å². The highest BCUT2D eigenvalue weighted by atomic mass is 16.2. The highest BCUT2D eigenvalue weighted by Gasteiger charge is 2.43. The van der Waals surface area contributed by atoms with Crippen LogP contribution in [0.15, 0.2) is 0 Å². The highest BCUT2D eigenvalue weighted by molar-refractivity contribution is 5.99. The van der Waals surface area contributed by atoms with Gasteiger partial charge in [-0.25, -0.2) is 0 Å². The Hall–Kier alpha value is -0.860. The van der Waals surface area contributed by atoms with E-state index in [0.29, 0.717) is 23.7 Å². The van der Waals surface area contributed by atoms with Gasteiger partial charge in [-0.15, -0.1) is 0 Å². The average molecular weight is 293 g/mol. The molecule has 1 saturated carbocycles. The number of carbonyl (C=O) groups is 2. The van der Waals surface area contributed by atoms with Gasteiger partial charge in [-0.2, -0.15) is 0 Å². The van der Waals surface area contributed by atoms with Gasteiger partial charge in [0, 0.05) is 12.3 Å². The Bertz CT molecular complexity index is 400. The average Bonchev–Trinajstić information content (AvgIpc) is 2.36. The summed E-state index contributed by atoms with van der Waals surface area (Å²) < 4.78 is 0. The topological polar surface area (TPSA) is 46.2 Å². The van der Waals surface area contributed by atoms with Crippen LogP contribution in [0.1, 0.15) is 66.7 Å². The van der Waals surface area contributed by atoms with Crippen LogP contribution < -0.4 is 5.32 Å². The van der Waals surface area contributed by atoms with Crippen LogP contribution in [0.25, 0.3) is 0 Å². The van der Waals surface area contributed by atoms with Crippen molar-refractivity contribution in [2.24, 2.45) is 35.0 Å². The standard InChI is InChI=1S/C18H31NO2/c1-11(2)16-14(10-15(20)19-17(16)21)12-6-8-13(9-7-12)18(3,4)5/h11-14,16H,6-10H2,1-5H3,(H,19,20,21). The second-order valence-electron chi connectivity index (χ2n) is 8.53. The highest BCUT2D eigenvalue weighted by Crippen LogP contribution is 2.45. The number of carbonyl (C=O) groups excluding carboxylic acids is 2. The fourth-order valence-electron chi connectivity index (χ4n) is 4.48. The number of amides is 2. The van der Waals surface area contributed by atoms with Gasteiger partial charge in [-0.05, 0) is 54.8 Å². The molecular formula is C18H31NO2. The minimum atomic E-state index is -0.0696. The molecule has 1 N–H and O–H groups in total. The third kappa shape index (κ3) is 3.67. The van der Waals surface area contributed by atoms with Crippen LogP contribution in [0.4, 0.5) is 0 Å². The molecule has 0 aromatic rings. The summed E-state index contributed by atoms with van der Waals surface area (Å²) in [7, 11) is 0. The lowest BCUT2D eigenvalue weighted by molar-refractivity contribution is -0.142. The first-order valence-electron chi connectivity index (χ1n) is 8.54. The van der Waals surface area contributed by atoms with Crippen LogP contribution in [-0.4, -0.2) is 11.8 Å². The summed E-state index contributed by atoms with van der Waals surface area (Å²) in [5.41, 5.74) is 0.377. The van der Waals surface area contributed by atoms with Crippen molar-refractivity contribution in [2.45, 2.75) is 66.7 Å². The molecule has 1 aliphatic carbocycles. The first-order valence-corrected chi connectivity index (χ1v) is 8.54. The van der Waals surface area contributed by atoms with E-state index in [4.69, 9.17) is 0 Å². The first-order chi connectivity index (χ1) is 9.70. The molecule has 0 aromatic heterocycles. The van der Waals surface area contributed by atoms with E-state index in [1.807, 2.05) is 0 Å². The van der Waals surface area contributed by atoms with Crippen LogP contribution >= 0.6 is 0 Å². The number of hydrogen-bond donors (Lipinski definition) is 1. The predicted molar refractivity (Wildman–Crippen MR) is 84.5 cm³/mol. The number of piperidine rings is 1. The number of hydrogen-bond acceptors (Lipinski definition) is 2. The third-order valence-electron chi connectivity index (χ3n) is 5.77. The quantitative estimate of drug-likeness (QED) is 0.788. The zero-order chi connectivity index (χ0) is 15.8. The molecule has 2 fully saturated rings. The van der Waals surface area contributed by atoms with Crippen molar-refractivity contribution in [3.63, 3.8) is 0 Å². The Balaban J connectivity index is 2.06. The zero-order valence-electron chi connectivity index (χ0n) is 14.2. The molecule has 120 valence electrons. The number of nitrogens with one attached hydrogen (secondary N) is 1. The molecular weight excluding hydrogens is 262 g/mol. The van der Waals surface area contributed by atoms with Gasteiger partial charge in [-0.3, -0.25) is 14.9 Å². The van der Waals surface area contributed by atoms with Crippen LogP contribution in [0, 0.1) is 35.0 Å². The normalized spacial score (nSPS) is 35.0. The summed E-state index contributed by atoms with van der Waals surface area (Å²) in [4.78, 5) is 24.0. The van der Waals surface area contributed by atoms with E-state index in [0.717, 1.165) is 5.92 Å². The molecule has 3 heteroatoms. The molecule has 0 radical (unpaired) electrons. The van der Waals surface area contributed by atoms with Crippen molar-refractivity contribution in [1.29, 1.82) is 0 Å². The fourth-order valence-corrected chi connectivity index (χ4v) is 4.48. The molecule has 1 aliphatic heterocycles. The van der Waals surface area contributed by atoms with Crippen LogP contribution in [0.5, 0.6) is 0 Å². The Morgan fingerprint density at radius 3 is 2.10 bits per heavy atom. The van der Waals surface area contributed by atoms with Crippen LogP contribution in [-0.2, 0) is 9.59 Å². The van der Waals surface area contributed by atoms with Gasteiger partial charge >= 0.3 is 0 Å². The minimum absolute atomic E-state index is 0.0129. The van der Waals surface area contributed by atoms with Gasteiger partial charge in [0.15, 0.2) is 0 Å². The molecule has 2 rings (SSSR count). The first kappa shape index (κ1) is 16.5. The Morgan fingerprint density at radius 1 is 1.05 bits per heavy atom. The SMILES string of the molecule is CC(C)C1C(=O)NC(=O)CC1C1CCC(C(C)(C)C)CC1. The van der Waals surface area contributed by atoms with Crippen molar-refractivity contribution in [3.05, 3.63) is 0 Å². The van der Waals surface area contributed by atoms with Crippen LogP contribution in [0.3, 0.4) is 0 Å². The van der Waals surface area contributed by atoms with Gasteiger partial charge in [0.1, 0.15) is 0 Å². The molecule has 0 aromatic carbocycles. The molecule has 1 heterocycles. The Labute approximate surface area is 129 Å². The maximum Gasteiger partial charge on any atom is 0.230 e. The monoisotopic (exact) mass is 293 g/mol. The fraction of sp³-hybridized carbons (Fsp3) is 0.889. The van der Waals surface area contributed by atoms with Gasteiger partial charge in [-0.1, -0.05) is 34.6 Å². The summed E-state index contributed by atoms with van der Waals surface area (Å²) in [5, 5.41) is 2.53. The van der Waals surface area contributed by atoms with E-state index in [2.05, 4.69) is 39.9 Å². The van der Waals surface area contributed by atoms with E-state index >= 15 is 0 Å². The number of imide groups is 1. The van der Waals surface area contributed by atoms with Crippen LogP contribution in [0.2, 0.25) is 0 Å². The van der Waals surface area contributed by atoms with E-state index in [-0.39, 0.29) is 23.7 Å². The molecule has 0 spiro atoms. The van der Waals surface area contributed by atoms with E-state index in [9.17, 15) is 9.59 Å². The predicted octanol–water partition coefficient (Wildman–Crippen LogP) is 3.77. The van der Waals surface area contributed by atoms with Crippen molar-refractivity contribution in [1.82, 2.24) is 5.32 Å². The summed E-state index contributed by atoms with van der Waals surface area (Å²) in [6.45, 7) is 11.2. The van der Waals surface area contributed by atoms with Gasteiger partial charge in [0.05, 0.1) is 0 Å². The second-order valence-corrected chi connectivity index (χ2v) is 8.53. The van der Waals surface area contributed by atoms with Crippen molar-refractivity contribution in [3.8, 4) is 0 Å². The lowest BCUT2D eigenvalue weighted by atomic mass is 9.63. The molecule has 2 amide bonds. The van der Waals surface area contributed by atoms with Gasteiger partial charge in [0.2, 0.25) is 11.8 Å². The summed E-state index contributed by atoms with van der Waals surface area (Å²) in [6.07, 6.45) is 5.38. The Morgan fingerprint density at radius 2 is 1.62 bits per heavy atom. The summed E-state index contributed by atoms with van der Waals surface area (Å²) >= 11 is 0. The molecule has 21 heavy (non-hydrogen) atoms. The maximum absolute atomic E-state index is 12.2. The van der Waals surface area contributed by atoms with E-state index < -0.39 is 0 Å². The van der Waals surface area contributed by atoms with E-state index in [1.165, 1.54) is 25.7 Å². The molecule has 0 bridgehead atoms. The lowest BCUT2D eigenvalue weighted by Crippen LogP contribution is -2.50. The van der Waals surface area contributed by atoms with Gasteiger partial charge in [0.25, 0.3) is 0 Å². The molecule has 1 saturated heterocycles. The molecule has 2 aliphatic rings. The zero-order valence-corrected chi connectivity index (χ0v) is 14.2. The van der Waals surface area contributed by atoms with Crippen molar-refractivity contribution in [2.75, 3.05) is 0 Å². The maximum atomic E-state index is 12.2. The summed E-state index contributed by atoms with van der Waals surface area (Å²) in [5.74, 6) is 1.80. The minimum Gasteiger partial charge on any atom is -0.296 e. The molecule has 2 unspecified atom stereocenters.